The molecule has 27 heavy (non-hydrogen) atoms. The summed E-state index contributed by atoms with van der Waals surface area (Å²) in [5.41, 5.74) is 0.845. The Morgan fingerprint density at radius 2 is 1.74 bits per heavy atom. The van der Waals surface area contributed by atoms with Crippen LogP contribution in [-0.2, 0) is 10.0 Å². The van der Waals surface area contributed by atoms with Crippen LogP contribution in [0.15, 0.2) is 59.5 Å². The predicted octanol–water partition coefficient (Wildman–Crippen LogP) is 2.73. The Balaban J connectivity index is 0.00000261. The minimum absolute atomic E-state index is 0. The highest BCUT2D eigenvalue weighted by Crippen LogP contribution is 2.19. The summed E-state index contributed by atoms with van der Waals surface area (Å²) in [5, 5.41) is 3.28. The number of carbonyl (C=O) groups is 1. The van der Waals surface area contributed by atoms with Gasteiger partial charge in [0.25, 0.3) is 15.9 Å². The van der Waals surface area contributed by atoms with Gasteiger partial charge in [-0.25, -0.2) is 8.42 Å². The smallest absolute Gasteiger partial charge is 0.261 e. The summed E-state index contributed by atoms with van der Waals surface area (Å²) in [6, 6.07) is 15.0. The van der Waals surface area contributed by atoms with Crippen LogP contribution in [0, 0.1) is 0 Å². The molecule has 0 bridgehead atoms. The molecule has 1 saturated heterocycles. The monoisotopic (exact) mass is 409 g/mol. The second-order valence-corrected chi connectivity index (χ2v) is 8.08. The molecule has 0 aromatic heterocycles. The number of sulfonamides is 1. The molecular formula is C19H24ClN3O3S. The normalized spacial score (nSPS) is 14.9. The SMILES string of the molecule is CN(C(=O)c1cccc(NS(=O)(=O)c2ccccc2)c1)C1CCNCC1.Cl. The summed E-state index contributed by atoms with van der Waals surface area (Å²) in [6.07, 6.45) is 1.84. The van der Waals surface area contributed by atoms with Crippen molar-refractivity contribution in [2.75, 3.05) is 24.9 Å². The average Bonchev–Trinajstić information content (AvgIpc) is 2.68. The van der Waals surface area contributed by atoms with Gasteiger partial charge >= 0.3 is 0 Å². The number of nitrogens with one attached hydrogen (secondary N) is 2. The van der Waals surface area contributed by atoms with Gasteiger partial charge in [0, 0.05) is 24.3 Å². The van der Waals surface area contributed by atoms with Crippen LogP contribution in [0.5, 0.6) is 0 Å². The number of rotatable bonds is 5. The van der Waals surface area contributed by atoms with Crippen LogP contribution in [0.1, 0.15) is 23.2 Å². The highest BCUT2D eigenvalue weighted by molar-refractivity contribution is 7.92. The third-order valence-corrected chi connectivity index (χ3v) is 5.99. The summed E-state index contributed by atoms with van der Waals surface area (Å²) in [4.78, 5) is 14.7. The van der Waals surface area contributed by atoms with E-state index >= 15 is 0 Å². The molecule has 0 unspecified atom stereocenters. The third-order valence-electron chi connectivity index (χ3n) is 4.59. The molecule has 1 aliphatic rings. The number of hydrogen-bond acceptors (Lipinski definition) is 4. The van der Waals surface area contributed by atoms with Gasteiger partial charge in [0.1, 0.15) is 0 Å². The number of piperidine rings is 1. The number of halogens is 1. The molecule has 0 atom stereocenters. The van der Waals surface area contributed by atoms with Gasteiger partial charge in [-0.05, 0) is 56.3 Å². The lowest BCUT2D eigenvalue weighted by Gasteiger charge is -2.31. The Labute approximate surface area is 166 Å². The Morgan fingerprint density at radius 1 is 1.07 bits per heavy atom. The van der Waals surface area contributed by atoms with E-state index in [0.717, 1.165) is 25.9 Å². The molecule has 6 nitrogen and oxygen atoms in total. The number of amides is 1. The largest absolute Gasteiger partial charge is 0.339 e. The van der Waals surface area contributed by atoms with Crippen LogP contribution in [0.3, 0.4) is 0 Å². The van der Waals surface area contributed by atoms with E-state index in [-0.39, 0.29) is 29.3 Å². The van der Waals surface area contributed by atoms with Crippen LogP contribution in [0.4, 0.5) is 5.69 Å². The van der Waals surface area contributed by atoms with Crippen LogP contribution < -0.4 is 10.0 Å². The molecule has 0 radical (unpaired) electrons. The Bertz CT molecular complexity index is 869. The van der Waals surface area contributed by atoms with E-state index in [1.165, 1.54) is 12.1 Å². The summed E-state index contributed by atoms with van der Waals surface area (Å²) >= 11 is 0. The van der Waals surface area contributed by atoms with Crippen molar-refractivity contribution in [1.82, 2.24) is 10.2 Å². The Kier molecular flexibility index (Phi) is 7.24. The van der Waals surface area contributed by atoms with E-state index in [4.69, 9.17) is 0 Å². The standard InChI is InChI=1S/C19H23N3O3S.ClH/c1-22(17-10-12-20-13-11-17)19(23)15-6-5-7-16(14-15)21-26(24,25)18-8-3-2-4-9-18;/h2-9,14,17,20-21H,10-13H2,1H3;1H. The highest BCUT2D eigenvalue weighted by atomic mass is 35.5. The summed E-state index contributed by atoms with van der Waals surface area (Å²) in [6.45, 7) is 1.80. The minimum atomic E-state index is -3.68. The maximum absolute atomic E-state index is 12.8. The van der Waals surface area contributed by atoms with Crippen molar-refractivity contribution in [3.05, 3.63) is 60.2 Å². The summed E-state index contributed by atoms with van der Waals surface area (Å²) < 4.78 is 27.4. The molecule has 3 rings (SSSR count). The first-order valence-corrected chi connectivity index (χ1v) is 10.1. The van der Waals surface area contributed by atoms with Crippen molar-refractivity contribution in [2.24, 2.45) is 0 Å². The van der Waals surface area contributed by atoms with Crippen LogP contribution in [0.2, 0.25) is 0 Å². The number of nitrogens with zero attached hydrogens (tertiary/aromatic N) is 1. The maximum Gasteiger partial charge on any atom is 0.261 e. The molecule has 2 aromatic carbocycles. The molecule has 8 heteroatoms. The van der Waals surface area contributed by atoms with Crippen molar-refractivity contribution >= 4 is 34.0 Å². The minimum Gasteiger partial charge on any atom is -0.339 e. The third kappa shape index (κ3) is 5.22. The van der Waals surface area contributed by atoms with E-state index in [9.17, 15) is 13.2 Å². The van der Waals surface area contributed by atoms with Gasteiger partial charge in [0.05, 0.1) is 4.90 Å². The first-order chi connectivity index (χ1) is 12.5. The lowest BCUT2D eigenvalue weighted by Crippen LogP contribution is -2.43. The van der Waals surface area contributed by atoms with Crippen LogP contribution in [-0.4, -0.2) is 45.4 Å². The van der Waals surface area contributed by atoms with Crippen molar-refractivity contribution in [2.45, 2.75) is 23.8 Å². The van der Waals surface area contributed by atoms with E-state index in [2.05, 4.69) is 10.0 Å². The number of anilines is 1. The van der Waals surface area contributed by atoms with Gasteiger partial charge in [0.15, 0.2) is 0 Å². The second-order valence-electron chi connectivity index (χ2n) is 6.40. The van der Waals surface area contributed by atoms with Gasteiger partial charge in [-0.15, -0.1) is 12.4 Å². The van der Waals surface area contributed by atoms with Gasteiger partial charge in [-0.3, -0.25) is 9.52 Å². The molecular weight excluding hydrogens is 386 g/mol. The predicted molar refractivity (Wildman–Crippen MR) is 109 cm³/mol. The van der Waals surface area contributed by atoms with Crippen molar-refractivity contribution < 1.29 is 13.2 Å². The molecule has 0 aliphatic carbocycles. The van der Waals surface area contributed by atoms with E-state index in [1.54, 1.807) is 54.4 Å². The van der Waals surface area contributed by atoms with Crippen molar-refractivity contribution in [3.63, 3.8) is 0 Å². The number of benzene rings is 2. The highest BCUT2D eigenvalue weighted by Gasteiger charge is 2.23. The molecule has 1 aliphatic heterocycles. The maximum atomic E-state index is 12.8. The van der Waals surface area contributed by atoms with Gasteiger partial charge < -0.3 is 10.2 Å². The molecule has 146 valence electrons. The quantitative estimate of drug-likeness (QED) is 0.795. The molecule has 2 aromatic rings. The Hall–Kier alpha value is -2.09. The lowest BCUT2D eigenvalue weighted by atomic mass is 10.0. The zero-order valence-corrected chi connectivity index (χ0v) is 16.7. The first-order valence-electron chi connectivity index (χ1n) is 8.63. The van der Waals surface area contributed by atoms with Crippen LogP contribution >= 0.6 is 12.4 Å². The van der Waals surface area contributed by atoms with E-state index in [0.29, 0.717) is 11.3 Å². The van der Waals surface area contributed by atoms with Crippen molar-refractivity contribution in [1.29, 1.82) is 0 Å². The van der Waals surface area contributed by atoms with E-state index < -0.39 is 10.0 Å². The molecule has 1 amide bonds. The Morgan fingerprint density at radius 3 is 2.41 bits per heavy atom. The van der Waals surface area contributed by atoms with E-state index in [1.807, 2.05) is 0 Å². The fourth-order valence-electron chi connectivity index (χ4n) is 3.09. The van der Waals surface area contributed by atoms with Crippen LogP contribution in [0.25, 0.3) is 0 Å². The topological polar surface area (TPSA) is 78.5 Å². The average molecular weight is 410 g/mol. The van der Waals surface area contributed by atoms with Gasteiger partial charge in [0.2, 0.25) is 0 Å². The molecule has 2 N–H and O–H groups in total. The van der Waals surface area contributed by atoms with Gasteiger partial charge in [-0.2, -0.15) is 0 Å². The molecule has 0 spiro atoms. The number of hydrogen-bond donors (Lipinski definition) is 2. The first kappa shape index (κ1) is 21.2. The van der Waals surface area contributed by atoms with Crippen molar-refractivity contribution in [3.8, 4) is 0 Å². The number of carbonyl (C=O) groups excluding carboxylic acids is 1. The second kappa shape index (κ2) is 9.21. The zero-order valence-electron chi connectivity index (χ0n) is 15.1. The lowest BCUT2D eigenvalue weighted by molar-refractivity contribution is 0.0703. The summed E-state index contributed by atoms with van der Waals surface area (Å²) in [7, 11) is -1.87. The van der Waals surface area contributed by atoms with Gasteiger partial charge in [-0.1, -0.05) is 24.3 Å². The fourth-order valence-corrected chi connectivity index (χ4v) is 4.16. The molecule has 1 heterocycles. The molecule has 1 fully saturated rings. The fraction of sp³-hybridized carbons (Fsp3) is 0.316. The molecule has 0 saturated carbocycles. The zero-order chi connectivity index (χ0) is 18.6. The summed E-state index contributed by atoms with van der Waals surface area (Å²) in [5.74, 6) is -0.0994.